The van der Waals surface area contributed by atoms with E-state index in [1.54, 1.807) is 12.1 Å². The van der Waals surface area contributed by atoms with Crippen LogP contribution in [0.3, 0.4) is 0 Å². The van der Waals surface area contributed by atoms with Gasteiger partial charge in [-0.1, -0.05) is 26.0 Å². The molecule has 0 spiro atoms. The second-order valence-corrected chi connectivity index (χ2v) is 4.57. The molecule has 1 heterocycles. The number of rotatable bonds is 3. The van der Waals surface area contributed by atoms with Crippen LogP contribution in [0.15, 0.2) is 36.4 Å². The summed E-state index contributed by atoms with van der Waals surface area (Å²) >= 11 is 0. The number of nitrogens with zero attached hydrogens (tertiary/aromatic N) is 2. The smallest absolute Gasteiger partial charge is 0.226 e. The molecule has 0 unspecified atom stereocenters. The maximum Gasteiger partial charge on any atom is 0.226 e. The number of aromatic nitrogens is 2. The van der Waals surface area contributed by atoms with Crippen molar-refractivity contribution >= 4 is 17.4 Å². The Morgan fingerprint density at radius 1 is 1.21 bits per heavy atom. The molecule has 19 heavy (non-hydrogen) atoms. The van der Waals surface area contributed by atoms with Gasteiger partial charge in [-0.25, -0.2) is 0 Å². The summed E-state index contributed by atoms with van der Waals surface area (Å²) < 4.78 is 0. The number of nitrogen functional groups attached to an aromatic ring is 1. The topological polar surface area (TPSA) is 80.9 Å². The Labute approximate surface area is 111 Å². The summed E-state index contributed by atoms with van der Waals surface area (Å²) in [5.41, 5.74) is 7.85. The standard InChI is InChI=1S/C14H16N4O/c1-9(2)14(19)16-11-5-3-4-10(8-11)12-6-7-13(15)18-17-12/h3-9H,1-2H3,(H2,15,18)(H,16,19). The maximum absolute atomic E-state index is 11.6. The second-order valence-electron chi connectivity index (χ2n) is 4.57. The minimum absolute atomic E-state index is 0.0134. The minimum atomic E-state index is -0.0556. The molecule has 0 saturated carbocycles. The molecule has 0 saturated heterocycles. The van der Waals surface area contributed by atoms with Crippen molar-refractivity contribution in [1.29, 1.82) is 0 Å². The number of nitrogens with two attached hydrogens (primary N) is 1. The number of amides is 1. The summed E-state index contributed by atoms with van der Waals surface area (Å²) in [5.74, 6) is 0.313. The highest BCUT2D eigenvalue weighted by Crippen LogP contribution is 2.21. The molecule has 5 nitrogen and oxygen atoms in total. The van der Waals surface area contributed by atoms with Crippen molar-refractivity contribution in [2.75, 3.05) is 11.1 Å². The van der Waals surface area contributed by atoms with Gasteiger partial charge in [-0.2, -0.15) is 0 Å². The van der Waals surface area contributed by atoms with Gasteiger partial charge in [0.1, 0.15) is 5.82 Å². The maximum atomic E-state index is 11.6. The lowest BCUT2D eigenvalue weighted by Gasteiger charge is -2.09. The summed E-state index contributed by atoms with van der Waals surface area (Å²) in [4.78, 5) is 11.6. The normalized spacial score (nSPS) is 10.5. The Balaban J connectivity index is 2.24. The zero-order chi connectivity index (χ0) is 13.8. The molecule has 0 aliphatic heterocycles. The molecule has 5 heteroatoms. The number of benzene rings is 1. The number of nitrogens with one attached hydrogen (secondary N) is 1. The third-order valence-electron chi connectivity index (χ3n) is 2.64. The summed E-state index contributed by atoms with van der Waals surface area (Å²) in [6.07, 6.45) is 0. The largest absolute Gasteiger partial charge is 0.382 e. The summed E-state index contributed by atoms with van der Waals surface area (Å²) in [6.45, 7) is 3.70. The molecule has 2 rings (SSSR count). The van der Waals surface area contributed by atoms with Crippen LogP contribution in [0.25, 0.3) is 11.3 Å². The monoisotopic (exact) mass is 256 g/mol. The van der Waals surface area contributed by atoms with Gasteiger partial charge in [0, 0.05) is 17.2 Å². The quantitative estimate of drug-likeness (QED) is 0.883. The Morgan fingerprint density at radius 2 is 2.00 bits per heavy atom. The van der Waals surface area contributed by atoms with Crippen LogP contribution in [-0.4, -0.2) is 16.1 Å². The SMILES string of the molecule is CC(C)C(=O)Nc1cccc(-c2ccc(N)nn2)c1. The van der Waals surface area contributed by atoms with Crippen molar-refractivity contribution in [3.63, 3.8) is 0 Å². The molecule has 0 radical (unpaired) electrons. The Bertz CT molecular complexity index is 578. The van der Waals surface area contributed by atoms with E-state index in [9.17, 15) is 4.79 Å². The highest BCUT2D eigenvalue weighted by atomic mass is 16.1. The van der Waals surface area contributed by atoms with E-state index in [0.717, 1.165) is 16.9 Å². The predicted octanol–water partition coefficient (Wildman–Crippen LogP) is 2.32. The van der Waals surface area contributed by atoms with Crippen molar-refractivity contribution in [2.45, 2.75) is 13.8 Å². The van der Waals surface area contributed by atoms with Crippen LogP contribution in [0.2, 0.25) is 0 Å². The third-order valence-corrected chi connectivity index (χ3v) is 2.64. The minimum Gasteiger partial charge on any atom is -0.382 e. The van der Waals surface area contributed by atoms with E-state index in [1.807, 2.05) is 38.1 Å². The zero-order valence-corrected chi connectivity index (χ0v) is 10.9. The zero-order valence-electron chi connectivity index (χ0n) is 10.9. The summed E-state index contributed by atoms with van der Waals surface area (Å²) in [7, 11) is 0. The molecule has 1 aromatic heterocycles. The first-order valence-electron chi connectivity index (χ1n) is 6.07. The van der Waals surface area contributed by atoms with Gasteiger partial charge in [-0.05, 0) is 24.3 Å². The van der Waals surface area contributed by atoms with Crippen LogP contribution in [0, 0.1) is 5.92 Å². The lowest BCUT2D eigenvalue weighted by Crippen LogP contribution is -2.17. The Morgan fingerprint density at radius 3 is 2.63 bits per heavy atom. The average molecular weight is 256 g/mol. The second kappa shape index (κ2) is 5.48. The fourth-order valence-electron chi connectivity index (χ4n) is 1.54. The van der Waals surface area contributed by atoms with E-state index in [-0.39, 0.29) is 11.8 Å². The van der Waals surface area contributed by atoms with Crippen molar-refractivity contribution in [2.24, 2.45) is 5.92 Å². The van der Waals surface area contributed by atoms with E-state index >= 15 is 0 Å². The van der Waals surface area contributed by atoms with Crippen LogP contribution >= 0.6 is 0 Å². The molecule has 3 N–H and O–H groups in total. The number of carbonyl (C=O) groups is 1. The molecular weight excluding hydrogens is 240 g/mol. The van der Waals surface area contributed by atoms with Crippen LogP contribution in [0.1, 0.15) is 13.8 Å². The molecule has 1 aromatic carbocycles. The highest BCUT2D eigenvalue weighted by molar-refractivity contribution is 5.92. The Hall–Kier alpha value is -2.43. The fraction of sp³-hybridized carbons (Fsp3) is 0.214. The predicted molar refractivity (Wildman–Crippen MR) is 75.3 cm³/mol. The molecule has 0 aliphatic carbocycles. The molecule has 0 fully saturated rings. The fourth-order valence-corrected chi connectivity index (χ4v) is 1.54. The van der Waals surface area contributed by atoms with Gasteiger partial charge in [0.15, 0.2) is 0 Å². The first-order valence-corrected chi connectivity index (χ1v) is 6.07. The molecule has 1 amide bonds. The van der Waals surface area contributed by atoms with E-state index in [0.29, 0.717) is 5.82 Å². The van der Waals surface area contributed by atoms with Crippen LogP contribution in [0.5, 0.6) is 0 Å². The van der Waals surface area contributed by atoms with Crippen molar-refractivity contribution in [3.8, 4) is 11.3 Å². The van der Waals surface area contributed by atoms with Crippen molar-refractivity contribution in [1.82, 2.24) is 10.2 Å². The van der Waals surface area contributed by atoms with E-state index in [2.05, 4.69) is 15.5 Å². The summed E-state index contributed by atoms with van der Waals surface area (Å²) in [5, 5.41) is 10.7. The average Bonchev–Trinajstić information content (AvgIpc) is 2.39. The van der Waals surface area contributed by atoms with Gasteiger partial charge >= 0.3 is 0 Å². The van der Waals surface area contributed by atoms with Gasteiger partial charge in [-0.15, -0.1) is 10.2 Å². The van der Waals surface area contributed by atoms with Crippen molar-refractivity contribution in [3.05, 3.63) is 36.4 Å². The molecule has 0 atom stereocenters. The van der Waals surface area contributed by atoms with Gasteiger partial charge in [0.2, 0.25) is 5.91 Å². The van der Waals surface area contributed by atoms with Crippen LogP contribution in [0.4, 0.5) is 11.5 Å². The number of hydrogen-bond acceptors (Lipinski definition) is 4. The number of carbonyl (C=O) groups excluding carboxylic acids is 1. The van der Waals surface area contributed by atoms with Gasteiger partial charge in [0.25, 0.3) is 0 Å². The number of hydrogen-bond donors (Lipinski definition) is 2. The summed E-state index contributed by atoms with van der Waals surface area (Å²) in [6, 6.07) is 11.0. The van der Waals surface area contributed by atoms with E-state index in [1.165, 1.54) is 0 Å². The van der Waals surface area contributed by atoms with Gasteiger partial charge < -0.3 is 11.1 Å². The van der Waals surface area contributed by atoms with Gasteiger partial charge in [-0.3, -0.25) is 4.79 Å². The molecule has 2 aromatic rings. The molecular formula is C14H16N4O. The molecule has 98 valence electrons. The van der Waals surface area contributed by atoms with E-state index in [4.69, 9.17) is 5.73 Å². The third kappa shape index (κ3) is 3.28. The van der Waals surface area contributed by atoms with Crippen LogP contribution < -0.4 is 11.1 Å². The molecule has 0 aliphatic rings. The van der Waals surface area contributed by atoms with Crippen LogP contribution in [-0.2, 0) is 4.79 Å². The highest BCUT2D eigenvalue weighted by Gasteiger charge is 2.08. The first kappa shape index (κ1) is 13.0. The van der Waals surface area contributed by atoms with Gasteiger partial charge in [0.05, 0.1) is 5.69 Å². The Kier molecular flexibility index (Phi) is 3.75. The molecule has 0 bridgehead atoms. The van der Waals surface area contributed by atoms with E-state index < -0.39 is 0 Å². The lowest BCUT2D eigenvalue weighted by molar-refractivity contribution is -0.118. The lowest BCUT2D eigenvalue weighted by atomic mass is 10.1. The van der Waals surface area contributed by atoms with Crippen molar-refractivity contribution < 1.29 is 4.79 Å². The number of anilines is 2. The first-order chi connectivity index (χ1) is 9.06.